The Morgan fingerprint density at radius 3 is 1.50 bits per heavy atom. The summed E-state index contributed by atoms with van der Waals surface area (Å²) >= 11 is 0. The molecule has 0 aromatic carbocycles. The molecule has 0 aromatic rings. The number of nitrogens with two attached hydrogens (primary N) is 1. The maximum absolute atomic E-state index is 5.47. The maximum Gasteiger partial charge on any atom is 0.0128 e. The summed E-state index contributed by atoms with van der Waals surface area (Å²) in [6.45, 7) is 2.19. The van der Waals surface area contributed by atoms with Crippen molar-refractivity contribution in [1.82, 2.24) is 5.01 Å². The van der Waals surface area contributed by atoms with Crippen LogP contribution in [0.1, 0.15) is 19.3 Å². The molecule has 1 saturated heterocycles. The van der Waals surface area contributed by atoms with Gasteiger partial charge in [0.15, 0.2) is 0 Å². The zero-order valence-corrected chi connectivity index (χ0v) is 7.51. The molecule has 1 aliphatic heterocycles. The average Bonchev–Trinajstić information content (AvgIpc) is 1.69. The number of hydrogen-bond donors (Lipinski definition) is 1. The molecule has 10 heavy (non-hydrogen) atoms. The van der Waals surface area contributed by atoms with E-state index < -0.39 is 0 Å². The number of nitrogens with zero attached hydrogens (tertiary/aromatic N) is 1. The minimum Gasteiger partial charge on any atom is -0.412 e. The summed E-state index contributed by atoms with van der Waals surface area (Å²) in [6.07, 6.45) is 3.95. The van der Waals surface area contributed by atoms with Crippen LogP contribution in [0.2, 0.25) is 0 Å². The van der Waals surface area contributed by atoms with Crippen LogP contribution >= 0.6 is 24.8 Å². The summed E-state index contributed by atoms with van der Waals surface area (Å²) < 4.78 is 0. The lowest BCUT2D eigenvalue weighted by atomic mass is 10.2. The van der Waals surface area contributed by atoms with Gasteiger partial charge >= 0.3 is 0 Å². The second-order valence-corrected chi connectivity index (χ2v) is 2.10. The number of hydrazine groups is 1. The van der Waals surface area contributed by atoms with Gasteiger partial charge in [0.05, 0.1) is 0 Å². The Bertz CT molecular complexity index is 59.6. The van der Waals surface area contributed by atoms with Crippen molar-refractivity contribution >= 4 is 24.8 Å². The zero-order valence-electron chi connectivity index (χ0n) is 5.88. The number of halogens is 2. The van der Waals surface area contributed by atoms with E-state index in [0.717, 1.165) is 13.1 Å². The Hall–Kier alpha value is 0.460. The summed E-state index contributed by atoms with van der Waals surface area (Å²) in [5.41, 5.74) is 0. The number of hydrogen-bond acceptors (Lipinski definition) is 2. The fourth-order valence-corrected chi connectivity index (χ4v) is 0.918. The van der Waals surface area contributed by atoms with Crippen molar-refractivity contribution in [2.24, 2.45) is 5.84 Å². The van der Waals surface area contributed by atoms with Gasteiger partial charge in [0, 0.05) is 13.1 Å². The maximum atomic E-state index is 5.47. The van der Waals surface area contributed by atoms with Crippen molar-refractivity contribution in [2.75, 3.05) is 13.1 Å². The van der Waals surface area contributed by atoms with Crippen LogP contribution in [0.15, 0.2) is 0 Å². The van der Waals surface area contributed by atoms with Crippen LogP contribution in [0.25, 0.3) is 0 Å². The van der Waals surface area contributed by atoms with Crippen molar-refractivity contribution in [3.8, 4) is 0 Å². The van der Waals surface area contributed by atoms with E-state index in [1.54, 1.807) is 0 Å². The van der Waals surface area contributed by atoms with Crippen LogP contribution in [-0.4, -0.2) is 23.6 Å². The average molecular weight is 191 g/mol. The van der Waals surface area contributed by atoms with E-state index in [9.17, 15) is 0 Å². The topological polar surface area (TPSA) is 60.8 Å². The van der Waals surface area contributed by atoms with Crippen LogP contribution in [-0.2, 0) is 0 Å². The molecule has 4 N–H and O–H groups in total. The van der Waals surface area contributed by atoms with E-state index in [0.29, 0.717) is 0 Å². The molecule has 0 bridgehead atoms. The third-order valence-electron chi connectivity index (χ3n) is 1.39. The first-order valence-corrected chi connectivity index (χ1v) is 2.89. The third kappa shape index (κ3) is 6.58. The van der Waals surface area contributed by atoms with E-state index in [4.69, 9.17) is 5.84 Å². The van der Waals surface area contributed by atoms with Gasteiger partial charge in [0.1, 0.15) is 0 Å². The molecule has 3 nitrogen and oxygen atoms in total. The van der Waals surface area contributed by atoms with Gasteiger partial charge in [-0.2, -0.15) is 0 Å². The SMILES string of the molecule is Cl.Cl.NN1CCCCC1.O. The first kappa shape index (κ1) is 16.8. The molecule has 1 rings (SSSR count). The van der Waals surface area contributed by atoms with Crippen LogP contribution < -0.4 is 5.84 Å². The van der Waals surface area contributed by atoms with Crippen molar-refractivity contribution in [3.05, 3.63) is 0 Å². The van der Waals surface area contributed by atoms with Gasteiger partial charge in [-0.15, -0.1) is 24.8 Å². The Balaban J connectivity index is -0.000000163. The van der Waals surface area contributed by atoms with Crippen LogP contribution in [0.4, 0.5) is 0 Å². The van der Waals surface area contributed by atoms with Gasteiger partial charge in [0.25, 0.3) is 0 Å². The van der Waals surface area contributed by atoms with Crippen LogP contribution in [0, 0.1) is 0 Å². The highest BCUT2D eigenvalue weighted by molar-refractivity contribution is 5.85. The third-order valence-corrected chi connectivity index (χ3v) is 1.39. The summed E-state index contributed by atoms with van der Waals surface area (Å²) in [5.74, 6) is 5.47. The van der Waals surface area contributed by atoms with Gasteiger partial charge < -0.3 is 5.48 Å². The highest BCUT2D eigenvalue weighted by Gasteiger charge is 2.02. The van der Waals surface area contributed by atoms with Gasteiger partial charge in [-0.05, 0) is 12.8 Å². The summed E-state index contributed by atoms with van der Waals surface area (Å²) in [6, 6.07) is 0. The minimum absolute atomic E-state index is 0. The second kappa shape index (κ2) is 9.46. The fourth-order valence-electron chi connectivity index (χ4n) is 0.918. The lowest BCUT2D eigenvalue weighted by molar-refractivity contribution is 0.235. The van der Waals surface area contributed by atoms with Gasteiger partial charge in [-0.25, -0.2) is 5.01 Å². The lowest BCUT2D eigenvalue weighted by Gasteiger charge is -2.20. The smallest absolute Gasteiger partial charge is 0.0128 e. The Kier molecular flexibility index (Phi) is 15.9. The van der Waals surface area contributed by atoms with Crippen molar-refractivity contribution < 1.29 is 5.48 Å². The standard InChI is InChI=1S/C5H12N2.2ClH.H2O/c6-7-4-2-1-3-5-7;;;/h1-6H2;2*1H;1H2. The summed E-state index contributed by atoms with van der Waals surface area (Å²) in [7, 11) is 0. The summed E-state index contributed by atoms with van der Waals surface area (Å²) in [5, 5.41) is 1.89. The molecule has 0 amide bonds. The first-order chi connectivity index (χ1) is 3.39. The molecule has 1 fully saturated rings. The Labute approximate surface area is 74.0 Å². The second-order valence-electron chi connectivity index (χ2n) is 2.10. The molecular weight excluding hydrogens is 175 g/mol. The molecule has 1 aliphatic rings. The van der Waals surface area contributed by atoms with Gasteiger partial charge in [-0.1, -0.05) is 6.42 Å². The molecule has 5 heteroatoms. The van der Waals surface area contributed by atoms with Crippen molar-refractivity contribution in [2.45, 2.75) is 19.3 Å². The largest absolute Gasteiger partial charge is 0.412 e. The zero-order chi connectivity index (χ0) is 5.11. The normalized spacial score (nSPS) is 17.7. The minimum atomic E-state index is 0. The van der Waals surface area contributed by atoms with Crippen LogP contribution in [0.5, 0.6) is 0 Å². The monoisotopic (exact) mass is 190 g/mol. The van der Waals surface area contributed by atoms with E-state index in [2.05, 4.69) is 0 Å². The predicted molar refractivity (Wildman–Crippen MR) is 47.7 cm³/mol. The molecular formula is C5H16Cl2N2O. The number of rotatable bonds is 0. The van der Waals surface area contributed by atoms with Crippen molar-refractivity contribution in [3.63, 3.8) is 0 Å². The van der Waals surface area contributed by atoms with E-state index >= 15 is 0 Å². The number of piperidine rings is 1. The quantitative estimate of drug-likeness (QED) is 0.562. The molecule has 0 unspecified atom stereocenters. The molecule has 0 aliphatic carbocycles. The highest BCUT2D eigenvalue weighted by Crippen LogP contribution is 2.03. The molecule has 0 spiro atoms. The van der Waals surface area contributed by atoms with E-state index in [1.807, 2.05) is 5.01 Å². The molecule has 0 radical (unpaired) electrons. The van der Waals surface area contributed by atoms with Gasteiger partial charge in [0.2, 0.25) is 0 Å². The lowest BCUT2D eigenvalue weighted by Crippen LogP contribution is -2.35. The molecule has 0 aromatic heterocycles. The molecule has 66 valence electrons. The van der Waals surface area contributed by atoms with E-state index in [1.165, 1.54) is 19.3 Å². The molecule has 0 atom stereocenters. The van der Waals surface area contributed by atoms with Crippen LogP contribution in [0.3, 0.4) is 0 Å². The molecule has 1 heterocycles. The van der Waals surface area contributed by atoms with Crippen molar-refractivity contribution in [1.29, 1.82) is 0 Å². The highest BCUT2D eigenvalue weighted by atomic mass is 35.5. The molecule has 0 saturated carbocycles. The summed E-state index contributed by atoms with van der Waals surface area (Å²) in [4.78, 5) is 0. The Morgan fingerprint density at radius 2 is 1.30 bits per heavy atom. The Morgan fingerprint density at radius 1 is 0.900 bits per heavy atom. The fraction of sp³-hybridized carbons (Fsp3) is 1.00. The van der Waals surface area contributed by atoms with E-state index in [-0.39, 0.29) is 30.3 Å². The van der Waals surface area contributed by atoms with Gasteiger partial charge in [-0.3, -0.25) is 5.84 Å². The first-order valence-electron chi connectivity index (χ1n) is 2.89. The predicted octanol–water partition coefficient (Wildman–Crippen LogP) is 0.365.